The summed E-state index contributed by atoms with van der Waals surface area (Å²) in [7, 11) is 3.68. The lowest BCUT2D eigenvalue weighted by Gasteiger charge is -2.20. The maximum atomic E-state index is 4.85. The van der Waals surface area contributed by atoms with Crippen LogP contribution in [0.25, 0.3) is 5.69 Å². The van der Waals surface area contributed by atoms with Gasteiger partial charge in [-0.05, 0) is 12.1 Å². The van der Waals surface area contributed by atoms with Crippen molar-refractivity contribution >= 4 is 29.9 Å². The predicted octanol–water partition coefficient (Wildman–Crippen LogP) is 2.08. The van der Waals surface area contributed by atoms with Crippen molar-refractivity contribution in [3.05, 3.63) is 60.5 Å². The molecule has 0 atom stereocenters. The average molecular weight is 453 g/mol. The van der Waals surface area contributed by atoms with E-state index in [1.54, 1.807) is 19.6 Å². The van der Waals surface area contributed by atoms with Crippen molar-refractivity contribution in [1.29, 1.82) is 0 Å². The second-order valence-corrected chi connectivity index (χ2v) is 5.20. The fourth-order valence-corrected chi connectivity index (χ4v) is 2.36. The Morgan fingerprint density at radius 3 is 2.76 bits per heavy atom. The third-order valence-corrected chi connectivity index (χ3v) is 3.52. The highest BCUT2D eigenvalue weighted by atomic mass is 127. The van der Waals surface area contributed by atoms with Gasteiger partial charge >= 0.3 is 0 Å². The van der Waals surface area contributed by atoms with Gasteiger partial charge in [0.2, 0.25) is 0 Å². The topological polar surface area (TPSA) is 84.4 Å². The predicted molar refractivity (Wildman–Crippen MR) is 105 cm³/mol. The third-order valence-electron chi connectivity index (χ3n) is 3.52. The van der Waals surface area contributed by atoms with Gasteiger partial charge in [-0.25, -0.2) is 0 Å². The summed E-state index contributed by atoms with van der Waals surface area (Å²) in [6.07, 6.45) is 3.26. The summed E-state index contributed by atoms with van der Waals surface area (Å²) in [5, 5.41) is 15.4. The van der Waals surface area contributed by atoms with Crippen molar-refractivity contribution in [2.45, 2.75) is 13.1 Å². The molecule has 3 aromatic rings. The Labute approximate surface area is 163 Å². The molecule has 25 heavy (non-hydrogen) atoms. The van der Waals surface area contributed by atoms with E-state index in [0.29, 0.717) is 13.1 Å². The van der Waals surface area contributed by atoms with Gasteiger partial charge in [-0.2, -0.15) is 0 Å². The van der Waals surface area contributed by atoms with Crippen LogP contribution in [0, 0.1) is 0 Å². The Kier molecular flexibility index (Phi) is 6.92. The number of aromatic nitrogens is 4. The monoisotopic (exact) mass is 453 g/mol. The molecule has 2 aromatic heterocycles. The van der Waals surface area contributed by atoms with E-state index in [-0.39, 0.29) is 24.0 Å². The fourth-order valence-electron chi connectivity index (χ4n) is 2.36. The number of nitrogens with zero attached hydrogens (tertiary/aromatic N) is 6. The molecule has 8 nitrogen and oxygen atoms in total. The van der Waals surface area contributed by atoms with Crippen LogP contribution in [0.4, 0.5) is 0 Å². The summed E-state index contributed by atoms with van der Waals surface area (Å²) < 4.78 is 6.80. The molecular weight excluding hydrogens is 433 g/mol. The molecule has 0 spiro atoms. The zero-order valence-electron chi connectivity index (χ0n) is 14.0. The van der Waals surface area contributed by atoms with E-state index in [9.17, 15) is 0 Å². The van der Waals surface area contributed by atoms with Crippen LogP contribution in [-0.2, 0) is 13.1 Å². The summed E-state index contributed by atoms with van der Waals surface area (Å²) in [4.78, 5) is 6.25. The first kappa shape index (κ1) is 18.9. The Hall–Kier alpha value is -2.43. The fraction of sp³-hybridized carbons (Fsp3) is 0.250. The van der Waals surface area contributed by atoms with Crippen LogP contribution in [0.15, 0.2) is 58.5 Å². The molecule has 0 aliphatic rings. The van der Waals surface area contributed by atoms with Crippen LogP contribution in [0.5, 0.6) is 0 Å². The van der Waals surface area contributed by atoms with E-state index >= 15 is 0 Å². The average Bonchev–Trinajstić information content (AvgIpc) is 3.28. The summed E-state index contributed by atoms with van der Waals surface area (Å²) in [6, 6.07) is 11.8. The van der Waals surface area contributed by atoms with E-state index in [1.807, 2.05) is 52.9 Å². The van der Waals surface area contributed by atoms with Crippen LogP contribution in [0.2, 0.25) is 0 Å². The second kappa shape index (κ2) is 9.16. The van der Waals surface area contributed by atoms with E-state index in [1.165, 1.54) is 0 Å². The van der Waals surface area contributed by atoms with Crippen molar-refractivity contribution in [1.82, 2.24) is 30.1 Å². The van der Waals surface area contributed by atoms with Gasteiger partial charge in [-0.15, -0.1) is 34.2 Å². The van der Waals surface area contributed by atoms with Crippen molar-refractivity contribution in [2.75, 3.05) is 14.1 Å². The van der Waals surface area contributed by atoms with Gasteiger partial charge in [0.05, 0.1) is 13.1 Å². The Bertz CT molecular complexity index is 786. The van der Waals surface area contributed by atoms with Crippen LogP contribution in [-0.4, -0.2) is 44.9 Å². The van der Waals surface area contributed by atoms with Crippen LogP contribution >= 0.6 is 24.0 Å². The minimum absolute atomic E-state index is 0. The van der Waals surface area contributed by atoms with Gasteiger partial charge in [0.15, 0.2) is 11.8 Å². The zero-order valence-corrected chi connectivity index (χ0v) is 16.4. The summed E-state index contributed by atoms with van der Waals surface area (Å²) in [6.45, 7) is 1.10. The number of hydrogen-bond donors (Lipinski definition) is 1. The molecule has 0 unspecified atom stereocenters. The Balaban J connectivity index is 0.00000225. The van der Waals surface area contributed by atoms with E-state index in [0.717, 1.165) is 23.2 Å². The molecule has 0 saturated carbocycles. The van der Waals surface area contributed by atoms with Crippen molar-refractivity contribution in [2.24, 2.45) is 4.99 Å². The van der Waals surface area contributed by atoms with Crippen LogP contribution in [0.3, 0.4) is 0 Å². The van der Waals surface area contributed by atoms with Crippen molar-refractivity contribution in [3.63, 3.8) is 0 Å². The highest BCUT2D eigenvalue weighted by Gasteiger charge is 2.11. The lowest BCUT2D eigenvalue weighted by Crippen LogP contribution is -2.38. The molecule has 0 amide bonds. The van der Waals surface area contributed by atoms with E-state index < -0.39 is 0 Å². The standard InChI is InChI=1S/C16H19N7O.HI/c1-17-16(22(2)11-13-8-9-24-21-13)18-10-15-20-19-12-23(15)14-6-4-3-5-7-14;/h3-9,12H,10-11H2,1-2H3,(H,17,18);1H. The molecule has 132 valence electrons. The first-order valence-corrected chi connectivity index (χ1v) is 7.53. The smallest absolute Gasteiger partial charge is 0.194 e. The first-order valence-electron chi connectivity index (χ1n) is 7.53. The van der Waals surface area contributed by atoms with Crippen molar-refractivity contribution < 1.29 is 4.52 Å². The van der Waals surface area contributed by atoms with Gasteiger partial charge in [0, 0.05) is 25.8 Å². The summed E-state index contributed by atoms with van der Waals surface area (Å²) >= 11 is 0. The maximum Gasteiger partial charge on any atom is 0.194 e. The van der Waals surface area contributed by atoms with Gasteiger partial charge in [-0.3, -0.25) is 9.56 Å². The number of hydrogen-bond acceptors (Lipinski definition) is 5. The molecule has 1 aromatic carbocycles. The Morgan fingerprint density at radius 2 is 2.08 bits per heavy atom. The van der Waals surface area contributed by atoms with Crippen LogP contribution in [0.1, 0.15) is 11.5 Å². The molecule has 0 radical (unpaired) electrons. The van der Waals surface area contributed by atoms with E-state index in [4.69, 9.17) is 4.52 Å². The SMILES string of the molecule is CN=C(NCc1nncn1-c1ccccc1)N(C)Cc1ccon1.I. The molecular formula is C16H20IN7O. The van der Waals surface area contributed by atoms with Gasteiger partial charge < -0.3 is 14.7 Å². The number of guanidine groups is 1. The highest BCUT2D eigenvalue weighted by Crippen LogP contribution is 2.09. The first-order chi connectivity index (χ1) is 11.8. The molecule has 0 bridgehead atoms. The normalized spacial score (nSPS) is 11.0. The highest BCUT2D eigenvalue weighted by molar-refractivity contribution is 14.0. The molecule has 9 heteroatoms. The number of nitrogens with one attached hydrogen (secondary N) is 1. The maximum absolute atomic E-state index is 4.85. The van der Waals surface area contributed by atoms with Crippen molar-refractivity contribution in [3.8, 4) is 5.69 Å². The molecule has 0 fully saturated rings. The van der Waals surface area contributed by atoms with E-state index in [2.05, 4.69) is 25.7 Å². The molecule has 0 aliphatic carbocycles. The molecule has 0 saturated heterocycles. The largest absolute Gasteiger partial charge is 0.364 e. The summed E-state index contributed by atoms with van der Waals surface area (Å²) in [5.41, 5.74) is 1.86. The lowest BCUT2D eigenvalue weighted by atomic mass is 10.3. The minimum Gasteiger partial charge on any atom is -0.364 e. The molecule has 1 N–H and O–H groups in total. The van der Waals surface area contributed by atoms with Gasteiger partial charge in [0.25, 0.3) is 0 Å². The molecule has 3 rings (SSSR count). The third kappa shape index (κ3) is 4.78. The van der Waals surface area contributed by atoms with Crippen LogP contribution < -0.4 is 5.32 Å². The molecule has 2 heterocycles. The number of aliphatic imine (C=N–C) groups is 1. The Morgan fingerprint density at radius 1 is 1.28 bits per heavy atom. The number of para-hydroxylation sites is 1. The quantitative estimate of drug-likeness (QED) is 0.362. The van der Waals surface area contributed by atoms with Gasteiger partial charge in [-0.1, -0.05) is 23.4 Å². The zero-order chi connectivity index (χ0) is 16.8. The minimum atomic E-state index is 0. The summed E-state index contributed by atoms with van der Waals surface area (Å²) in [5.74, 6) is 1.54. The number of benzene rings is 1. The number of rotatable bonds is 5. The van der Waals surface area contributed by atoms with Gasteiger partial charge in [0.1, 0.15) is 18.3 Å². The molecule has 0 aliphatic heterocycles. The second-order valence-electron chi connectivity index (χ2n) is 5.20. The lowest BCUT2D eigenvalue weighted by molar-refractivity contribution is 0.391. The number of halogens is 1.